The van der Waals surface area contributed by atoms with Crippen molar-refractivity contribution in [2.24, 2.45) is 5.92 Å². The first-order valence-corrected chi connectivity index (χ1v) is 7.69. The van der Waals surface area contributed by atoms with Gasteiger partial charge in [-0.1, -0.05) is 34.8 Å². The Balaban J connectivity index is 2.46. The number of carbonyl (C=O) groups excluding carboxylic acids is 2. The second-order valence-corrected chi connectivity index (χ2v) is 7.13. The summed E-state index contributed by atoms with van der Waals surface area (Å²) in [5, 5.41) is 0. The molecular weight excluding hydrogens is 327 g/mol. The first-order chi connectivity index (χ1) is 9.28. The van der Waals surface area contributed by atoms with E-state index in [0.717, 1.165) is 0 Å². The number of ether oxygens (including phenoxy) is 1. The molecule has 116 valence electrons. The van der Waals surface area contributed by atoms with Crippen LogP contribution in [0.2, 0.25) is 0 Å². The molecule has 1 heterocycles. The van der Waals surface area contributed by atoms with Crippen LogP contribution in [0, 0.1) is 5.92 Å². The summed E-state index contributed by atoms with van der Waals surface area (Å²) in [6.45, 7) is 5.74. The molecule has 1 unspecified atom stereocenters. The number of likely N-dealkylation sites (tertiary alicyclic amines) is 1. The Labute approximate surface area is 134 Å². The van der Waals surface area contributed by atoms with Gasteiger partial charge in [-0.05, 0) is 20.3 Å². The molecule has 2 amide bonds. The van der Waals surface area contributed by atoms with E-state index in [2.05, 4.69) is 0 Å². The van der Waals surface area contributed by atoms with Crippen molar-refractivity contribution < 1.29 is 14.3 Å². The number of nitrogens with zero attached hydrogens (tertiary/aromatic N) is 2. The van der Waals surface area contributed by atoms with E-state index in [9.17, 15) is 9.59 Å². The number of hydrogen-bond donors (Lipinski definition) is 0. The Morgan fingerprint density at radius 2 is 1.90 bits per heavy atom. The van der Waals surface area contributed by atoms with Gasteiger partial charge in [0.15, 0.2) is 0 Å². The van der Waals surface area contributed by atoms with Crippen LogP contribution in [0.1, 0.15) is 20.3 Å². The number of carbonyl (C=O) groups is 2. The third-order valence-corrected chi connectivity index (χ3v) is 3.56. The molecule has 0 aromatic rings. The molecule has 5 nitrogen and oxygen atoms in total. The molecule has 8 heteroatoms. The van der Waals surface area contributed by atoms with E-state index in [1.54, 1.807) is 4.90 Å². The minimum Gasteiger partial charge on any atom is -0.445 e. The van der Waals surface area contributed by atoms with E-state index in [1.807, 2.05) is 13.8 Å². The average molecular weight is 346 g/mol. The number of hydrogen-bond acceptors (Lipinski definition) is 3. The van der Waals surface area contributed by atoms with Crippen molar-refractivity contribution in [3.05, 3.63) is 0 Å². The summed E-state index contributed by atoms with van der Waals surface area (Å²) in [7, 11) is 0. The van der Waals surface area contributed by atoms with Crippen LogP contribution >= 0.6 is 34.8 Å². The lowest BCUT2D eigenvalue weighted by molar-refractivity contribution is -0.134. The van der Waals surface area contributed by atoms with Gasteiger partial charge in [0.2, 0.25) is 9.70 Å². The standard InChI is InChI=1S/C12H19Cl3N2O3/c1-3-16(4-2)10(18)9-5-6-17(7-9)11(19)20-8-12(13,14)15/h9H,3-8H2,1-2H3. The van der Waals surface area contributed by atoms with Gasteiger partial charge >= 0.3 is 6.09 Å². The highest BCUT2D eigenvalue weighted by molar-refractivity contribution is 6.67. The molecule has 0 N–H and O–H groups in total. The molecule has 0 saturated carbocycles. The molecule has 0 bridgehead atoms. The lowest BCUT2D eigenvalue weighted by Crippen LogP contribution is -2.38. The Morgan fingerprint density at radius 1 is 1.30 bits per heavy atom. The number of halogens is 3. The molecule has 0 radical (unpaired) electrons. The van der Waals surface area contributed by atoms with E-state index < -0.39 is 9.89 Å². The monoisotopic (exact) mass is 344 g/mol. The fourth-order valence-electron chi connectivity index (χ4n) is 2.16. The largest absolute Gasteiger partial charge is 0.445 e. The predicted molar refractivity (Wildman–Crippen MR) is 79.2 cm³/mol. The van der Waals surface area contributed by atoms with Crippen molar-refractivity contribution in [2.45, 2.75) is 24.1 Å². The molecule has 20 heavy (non-hydrogen) atoms. The summed E-state index contributed by atoms with van der Waals surface area (Å²) in [5.74, 6) is -0.0955. The molecule has 0 aromatic carbocycles. The van der Waals surface area contributed by atoms with Gasteiger partial charge in [-0.15, -0.1) is 0 Å². The van der Waals surface area contributed by atoms with Gasteiger partial charge in [0.25, 0.3) is 0 Å². The summed E-state index contributed by atoms with van der Waals surface area (Å²) in [6, 6.07) is 0. The summed E-state index contributed by atoms with van der Waals surface area (Å²) in [4.78, 5) is 27.2. The van der Waals surface area contributed by atoms with E-state index in [-0.39, 0.29) is 18.4 Å². The molecule has 0 spiro atoms. The van der Waals surface area contributed by atoms with Gasteiger partial charge in [0.05, 0.1) is 5.92 Å². The van der Waals surface area contributed by atoms with E-state index >= 15 is 0 Å². The fraction of sp³-hybridized carbons (Fsp3) is 0.833. The first kappa shape index (κ1) is 17.7. The zero-order valence-corrected chi connectivity index (χ0v) is 13.8. The van der Waals surface area contributed by atoms with Crippen LogP contribution in [-0.2, 0) is 9.53 Å². The summed E-state index contributed by atoms with van der Waals surface area (Å²) in [6.07, 6.45) is 0.0873. The Kier molecular flexibility index (Phi) is 6.69. The second kappa shape index (κ2) is 7.57. The third-order valence-electron chi connectivity index (χ3n) is 3.23. The van der Waals surface area contributed by atoms with Gasteiger partial charge in [0, 0.05) is 26.2 Å². The smallest absolute Gasteiger partial charge is 0.409 e. The first-order valence-electron chi connectivity index (χ1n) is 6.55. The number of rotatable bonds is 4. The topological polar surface area (TPSA) is 49.9 Å². The molecule has 1 fully saturated rings. The van der Waals surface area contributed by atoms with Crippen LogP contribution in [0.15, 0.2) is 0 Å². The maximum absolute atomic E-state index is 12.2. The van der Waals surface area contributed by atoms with Gasteiger partial charge in [-0.2, -0.15) is 0 Å². The quantitative estimate of drug-likeness (QED) is 0.736. The second-order valence-electron chi connectivity index (χ2n) is 4.61. The van der Waals surface area contributed by atoms with Crippen molar-refractivity contribution in [3.8, 4) is 0 Å². The van der Waals surface area contributed by atoms with E-state index in [0.29, 0.717) is 32.6 Å². The summed E-state index contributed by atoms with van der Waals surface area (Å²) < 4.78 is 3.28. The minimum absolute atomic E-state index is 0.0756. The maximum atomic E-state index is 12.2. The molecule has 1 atom stereocenters. The Bertz CT molecular complexity index is 356. The molecule has 0 aliphatic carbocycles. The Morgan fingerprint density at radius 3 is 2.40 bits per heavy atom. The summed E-state index contributed by atoms with van der Waals surface area (Å²) in [5.41, 5.74) is 0. The normalized spacial score (nSPS) is 19.1. The zero-order chi connectivity index (χ0) is 15.3. The highest BCUT2D eigenvalue weighted by atomic mass is 35.6. The maximum Gasteiger partial charge on any atom is 0.409 e. The highest BCUT2D eigenvalue weighted by Crippen LogP contribution is 2.27. The van der Waals surface area contributed by atoms with Crippen LogP contribution < -0.4 is 0 Å². The van der Waals surface area contributed by atoms with Crippen LogP contribution in [0.4, 0.5) is 4.79 Å². The van der Waals surface area contributed by atoms with Crippen molar-refractivity contribution >= 4 is 46.8 Å². The van der Waals surface area contributed by atoms with Crippen LogP contribution in [-0.4, -0.2) is 58.4 Å². The molecule has 1 saturated heterocycles. The lowest BCUT2D eigenvalue weighted by atomic mass is 10.1. The van der Waals surface area contributed by atoms with Crippen molar-refractivity contribution in [3.63, 3.8) is 0 Å². The Hall–Kier alpha value is -0.390. The van der Waals surface area contributed by atoms with E-state index in [1.165, 1.54) is 4.90 Å². The van der Waals surface area contributed by atoms with Crippen molar-refractivity contribution in [1.29, 1.82) is 0 Å². The fourth-order valence-corrected chi connectivity index (χ4v) is 2.32. The van der Waals surface area contributed by atoms with Crippen molar-refractivity contribution in [2.75, 3.05) is 32.8 Å². The predicted octanol–water partition coefficient (Wildman–Crippen LogP) is 2.68. The SMILES string of the molecule is CCN(CC)C(=O)C1CCN(C(=O)OCC(Cl)(Cl)Cl)C1. The molecular formula is C12H19Cl3N2O3. The van der Waals surface area contributed by atoms with E-state index in [4.69, 9.17) is 39.5 Å². The van der Waals surface area contributed by atoms with Crippen molar-refractivity contribution in [1.82, 2.24) is 9.80 Å². The van der Waals surface area contributed by atoms with Gasteiger partial charge in [-0.25, -0.2) is 4.79 Å². The highest BCUT2D eigenvalue weighted by Gasteiger charge is 2.34. The van der Waals surface area contributed by atoms with Gasteiger partial charge in [0.1, 0.15) is 6.61 Å². The average Bonchev–Trinajstić information content (AvgIpc) is 2.86. The molecule has 1 aliphatic heterocycles. The molecule has 1 aliphatic rings. The lowest BCUT2D eigenvalue weighted by Gasteiger charge is -2.23. The summed E-state index contributed by atoms with van der Waals surface area (Å²) >= 11 is 16.5. The van der Waals surface area contributed by atoms with Gasteiger partial charge in [-0.3, -0.25) is 4.79 Å². The zero-order valence-electron chi connectivity index (χ0n) is 11.6. The molecule has 0 aromatic heterocycles. The minimum atomic E-state index is -1.62. The number of alkyl halides is 3. The third kappa shape index (κ3) is 5.19. The van der Waals surface area contributed by atoms with Gasteiger partial charge < -0.3 is 14.5 Å². The van der Waals surface area contributed by atoms with Crippen LogP contribution in [0.3, 0.4) is 0 Å². The molecule has 1 rings (SSSR count). The van der Waals surface area contributed by atoms with Crippen LogP contribution in [0.25, 0.3) is 0 Å². The van der Waals surface area contributed by atoms with Crippen LogP contribution in [0.5, 0.6) is 0 Å². The number of amides is 2.